The van der Waals surface area contributed by atoms with Gasteiger partial charge in [0.2, 0.25) is 10.0 Å². The van der Waals surface area contributed by atoms with Gasteiger partial charge in [0.1, 0.15) is 5.75 Å². The van der Waals surface area contributed by atoms with E-state index in [-0.39, 0.29) is 11.5 Å². The molecule has 0 saturated heterocycles. The van der Waals surface area contributed by atoms with E-state index in [4.69, 9.17) is 9.84 Å². The maximum atomic E-state index is 12.1. The van der Waals surface area contributed by atoms with Gasteiger partial charge in [-0.25, -0.2) is 13.1 Å². The number of rotatable bonds is 10. The fourth-order valence-corrected chi connectivity index (χ4v) is 3.10. The van der Waals surface area contributed by atoms with Gasteiger partial charge in [-0.2, -0.15) is 0 Å². The topological polar surface area (TPSA) is 75.6 Å². The minimum absolute atomic E-state index is 0.176. The third kappa shape index (κ3) is 6.03. The Kier molecular flexibility index (Phi) is 7.71. The van der Waals surface area contributed by atoms with Gasteiger partial charge in [0.05, 0.1) is 18.1 Å². The van der Waals surface area contributed by atoms with E-state index in [0.29, 0.717) is 18.8 Å². The molecule has 0 bridgehead atoms. The van der Waals surface area contributed by atoms with Crippen LogP contribution >= 0.6 is 0 Å². The number of aliphatic hydroxyl groups excluding tert-OH is 1. The van der Waals surface area contributed by atoms with E-state index in [0.717, 1.165) is 19.3 Å². The molecule has 1 aromatic rings. The number of unbranched alkanes of at least 4 members (excludes halogenated alkanes) is 2. The molecule has 0 amide bonds. The van der Waals surface area contributed by atoms with Crippen LogP contribution in [0.1, 0.15) is 39.5 Å². The van der Waals surface area contributed by atoms with Crippen LogP contribution in [0.15, 0.2) is 29.2 Å². The largest absolute Gasteiger partial charge is 0.494 e. The number of benzene rings is 1. The number of aliphatic hydroxyl groups is 1. The van der Waals surface area contributed by atoms with Gasteiger partial charge in [0.25, 0.3) is 0 Å². The first-order valence-corrected chi connectivity index (χ1v) is 8.87. The van der Waals surface area contributed by atoms with Crippen LogP contribution in [0, 0.1) is 0 Å². The summed E-state index contributed by atoms with van der Waals surface area (Å²) in [5.74, 6) is 0.666. The first-order chi connectivity index (χ1) is 10.0. The zero-order chi connectivity index (χ0) is 15.7. The second-order valence-electron chi connectivity index (χ2n) is 4.94. The first kappa shape index (κ1) is 17.9. The van der Waals surface area contributed by atoms with E-state index < -0.39 is 16.1 Å². The summed E-state index contributed by atoms with van der Waals surface area (Å²) in [5.41, 5.74) is 0. The molecule has 0 radical (unpaired) electrons. The number of sulfonamides is 1. The molecule has 0 aliphatic rings. The second-order valence-corrected chi connectivity index (χ2v) is 6.65. The van der Waals surface area contributed by atoms with Crippen molar-refractivity contribution in [3.8, 4) is 5.75 Å². The zero-order valence-corrected chi connectivity index (χ0v) is 13.5. The molecular weight excluding hydrogens is 290 g/mol. The summed E-state index contributed by atoms with van der Waals surface area (Å²) in [5, 5.41) is 9.07. The fraction of sp³-hybridized carbons (Fsp3) is 0.600. The third-order valence-electron chi connectivity index (χ3n) is 3.19. The van der Waals surface area contributed by atoms with Crippen molar-refractivity contribution in [3.63, 3.8) is 0 Å². The van der Waals surface area contributed by atoms with Crippen LogP contribution in [0.25, 0.3) is 0 Å². The molecular formula is C15H25NO4S. The molecule has 2 N–H and O–H groups in total. The standard InChI is InChI=1S/C15H25NO4S/c1-3-5-6-11-20-14-7-9-15(10-8-14)21(18,19)16-13(4-2)12-17/h7-10,13,16-17H,3-6,11-12H2,1-2H3/t13-/m0/s1. The van der Waals surface area contributed by atoms with Gasteiger partial charge in [-0.3, -0.25) is 0 Å². The Balaban J connectivity index is 2.64. The molecule has 0 aliphatic heterocycles. The van der Waals surface area contributed by atoms with Gasteiger partial charge in [-0.05, 0) is 37.1 Å². The molecule has 0 saturated carbocycles. The molecule has 0 spiro atoms. The lowest BCUT2D eigenvalue weighted by Gasteiger charge is -2.14. The molecule has 0 heterocycles. The van der Waals surface area contributed by atoms with Crippen molar-refractivity contribution in [2.45, 2.75) is 50.5 Å². The number of hydrogen-bond acceptors (Lipinski definition) is 4. The van der Waals surface area contributed by atoms with Gasteiger partial charge in [-0.1, -0.05) is 26.7 Å². The molecule has 21 heavy (non-hydrogen) atoms. The van der Waals surface area contributed by atoms with Crippen LogP contribution < -0.4 is 9.46 Å². The summed E-state index contributed by atoms with van der Waals surface area (Å²) < 4.78 is 32.2. The fourth-order valence-electron chi connectivity index (χ4n) is 1.79. The Hall–Kier alpha value is -1.11. The van der Waals surface area contributed by atoms with Crippen molar-refractivity contribution in [2.75, 3.05) is 13.2 Å². The van der Waals surface area contributed by atoms with Crippen molar-refractivity contribution >= 4 is 10.0 Å². The summed E-state index contributed by atoms with van der Waals surface area (Å²) in [7, 11) is -3.60. The Bertz CT molecular complexity index is 495. The average Bonchev–Trinajstić information content (AvgIpc) is 2.49. The third-order valence-corrected chi connectivity index (χ3v) is 4.72. The summed E-state index contributed by atoms with van der Waals surface area (Å²) >= 11 is 0. The molecule has 0 aromatic heterocycles. The number of ether oxygens (including phenoxy) is 1. The van der Waals surface area contributed by atoms with Crippen LogP contribution in [-0.4, -0.2) is 32.8 Å². The van der Waals surface area contributed by atoms with E-state index in [1.54, 1.807) is 12.1 Å². The molecule has 0 aliphatic carbocycles. The van der Waals surface area contributed by atoms with Gasteiger partial charge >= 0.3 is 0 Å². The minimum atomic E-state index is -3.60. The predicted octanol–water partition coefficient (Wildman–Crippen LogP) is 2.30. The van der Waals surface area contributed by atoms with Crippen molar-refractivity contribution in [1.82, 2.24) is 4.72 Å². The number of nitrogens with one attached hydrogen (secondary N) is 1. The van der Waals surface area contributed by atoms with Crippen LogP contribution in [0.2, 0.25) is 0 Å². The molecule has 1 atom stereocenters. The van der Waals surface area contributed by atoms with Crippen molar-refractivity contribution in [2.24, 2.45) is 0 Å². The lowest BCUT2D eigenvalue weighted by molar-refractivity contribution is 0.254. The smallest absolute Gasteiger partial charge is 0.240 e. The second kappa shape index (κ2) is 9.02. The predicted molar refractivity (Wildman–Crippen MR) is 82.9 cm³/mol. The van der Waals surface area contributed by atoms with Gasteiger partial charge in [0.15, 0.2) is 0 Å². The quantitative estimate of drug-likeness (QED) is 0.650. The molecule has 0 unspecified atom stereocenters. The van der Waals surface area contributed by atoms with Crippen LogP contribution in [0.4, 0.5) is 0 Å². The normalized spacial score (nSPS) is 13.1. The van der Waals surface area contributed by atoms with E-state index in [9.17, 15) is 8.42 Å². The zero-order valence-electron chi connectivity index (χ0n) is 12.7. The van der Waals surface area contributed by atoms with Crippen molar-refractivity contribution in [3.05, 3.63) is 24.3 Å². The van der Waals surface area contributed by atoms with Crippen molar-refractivity contribution < 1.29 is 18.3 Å². The lowest BCUT2D eigenvalue weighted by atomic mass is 10.3. The van der Waals surface area contributed by atoms with E-state index in [1.165, 1.54) is 12.1 Å². The van der Waals surface area contributed by atoms with Crippen LogP contribution in [-0.2, 0) is 10.0 Å². The SMILES string of the molecule is CCCCCOc1ccc(S(=O)(=O)N[C@@H](CC)CO)cc1. The highest BCUT2D eigenvalue weighted by atomic mass is 32.2. The minimum Gasteiger partial charge on any atom is -0.494 e. The van der Waals surface area contributed by atoms with Crippen molar-refractivity contribution in [1.29, 1.82) is 0 Å². The summed E-state index contributed by atoms with van der Waals surface area (Å²) in [6.07, 6.45) is 3.78. The molecule has 120 valence electrons. The monoisotopic (exact) mass is 315 g/mol. The molecule has 1 rings (SSSR count). The van der Waals surface area contributed by atoms with Gasteiger partial charge in [-0.15, -0.1) is 0 Å². The highest BCUT2D eigenvalue weighted by molar-refractivity contribution is 7.89. The molecule has 5 nitrogen and oxygen atoms in total. The van der Waals surface area contributed by atoms with E-state index in [2.05, 4.69) is 11.6 Å². The van der Waals surface area contributed by atoms with E-state index >= 15 is 0 Å². The maximum Gasteiger partial charge on any atom is 0.240 e. The van der Waals surface area contributed by atoms with Gasteiger partial charge in [0, 0.05) is 6.04 Å². The van der Waals surface area contributed by atoms with Gasteiger partial charge < -0.3 is 9.84 Å². The highest BCUT2D eigenvalue weighted by Crippen LogP contribution is 2.17. The average molecular weight is 315 g/mol. The highest BCUT2D eigenvalue weighted by Gasteiger charge is 2.18. The summed E-state index contributed by atoms with van der Waals surface area (Å²) in [4.78, 5) is 0.176. The van der Waals surface area contributed by atoms with Crippen LogP contribution in [0.3, 0.4) is 0 Å². The lowest BCUT2D eigenvalue weighted by Crippen LogP contribution is -2.36. The molecule has 1 aromatic carbocycles. The summed E-state index contributed by atoms with van der Waals surface area (Å²) in [6.45, 7) is 4.37. The Morgan fingerprint density at radius 3 is 2.38 bits per heavy atom. The van der Waals surface area contributed by atoms with Crippen LogP contribution in [0.5, 0.6) is 5.75 Å². The first-order valence-electron chi connectivity index (χ1n) is 7.39. The molecule has 0 fully saturated rings. The Morgan fingerprint density at radius 2 is 1.86 bits per heavy atom. The Labute approximate surface area is 127 Å². The Morgan fingerprint density at radius 1 is 1.19 bits per heavy atom. The number of hydrogen-bond donors (Lipinski definition) is 2. The summed E-state index contributed by atoms with van der Waals surface area (Å²) in [6, 6.07) is 5.88. The van der Waals surface area contributed by atoms with E-state index in [1.807, 2.05) is 6.92 Å². The maximum absolute atomic E-state index is 12.1. The molecule has 6 heteroatoms.